The first-order valence-electron chi connectivity index (χ1n) is 14.4. The second-order valence-electron chi connectivity index (χ2n) is 14.3. The van der Waals surface area contributed by atoms with Gasteiger partial charge in [0, 0.05) is 29.7 Å². The van der Waals surface area contributed by atoms with Crippen LogP contribution in [0.4, 0.5) is 0 Å². The maximum atomic E-state index is 12.5. The highest BCUT2D eigenvalue weighted by molar-refractivity contribution is 5.88. The Morgan fingerprint density at radius 1 is 1.08 bits per heavy atom. The van der Waals surface area contributed by atoms with E-state index < -0.39 is 28.3 Å². The van der Waals surface area contributed by atoms with Crippen LogP contribution in [0.1, 0.15) is 92.9 Å². The molecule has 0 unspecified atom stereocenters. The molecule has 0 amide bonds. The molecular formula is C30H44O7. The minimum absolute atomic E-state index is 0.00544. The predicted octanol–water partition coefficient (Wildman–Crippen LogP) is 4.08. The largest absolute Gasteiger partial charge is 0.458 e. The molecule has 3 aliphatic heterocycles. The first-order valence-corrected chi connectivity index (χ1v) is 14.4. The van der Waals surface area contributed by atoms with Gasteiger partial charge in [-0.1, -0.05) is 26.8 Å². The van der Waals surface area contributed by atoms with E-state index in [1.54, 1.807) is 6.92 Å². The van der Waals surface area contributed by atoms with Gasteiger partial charge in [0.2, 0.25) is 0 Å². The van der Waals surface area contributed by atoms with E-state index in [0.29, 0.717) is 31.3 Å². The maximum Gasteiger partial charge on any atom is 0.333 e. The van der Waals surface area contributed by atoms with Gasteiger partial charge < -0.3 is 24.4 Å². The van der Waals surface area contributed by atoms with Gasteiger partial charge in [-0.3, -0.25) is 4.79 Å². The molecule has 7 heteroatoms. The van der Waals surface area contributed by atoms with Crippen LogP contribution in [0.2, 0.25) is 0 Å². The number of aliphatic hydroxyl groups excluding tert-OH is 1. The van der Waals surface area contributed by atoms with Gasteiger partial charge in [-0.15, -0.1) is 0 Å². The molecule has 7 nitrogen and oxygen atoms in total. The first kappa shape index (κ1) is 25.8. The topological polar surface area (TPSA) is 102 Å². The molecule has 0 radical (unpaired) electrons. The Bertz CT molecular complexity index is 1050. The number of aliphatic hydroxyl groups is 2. The zero-order chi connectivity index (χ0) is 26.8. The number of rotatable bonds is 2. The van der Waals surface area contributed by atoms with E-state index in [2.05, 4.69) is 34.6 Å². The number of hydrogen-bond acceptors (Lipinski definition) is 7. The van der Waals surface area contributed by atoms with E-state index in [1.807, 2.05) is 6.08 Å². The van der Waals surface area contributed by atoms with Crippen LogP contribution in [0.25, 0.3) is 0 Å². The summed E-state index contributed by atoms with van der Waals surface area (Å²) in [7, 11) is 0. The summed E-state index contributed by atoms with van der Waals surface area (Å²) >= 11 is 0. The van der Waals surface area contributed by atoms with Gasteiger partial charge in [0.15, 0.2) is 0 Å². The summed E-state index contributed by atoms with van der Waals surface area (Å²) in [5.41, 5.74) is -2.37. The van der Waals surface area contributed by atoms with Crippen molar-refractivity contribution in [2.24, 2.45) is 34.5 Å². The Hall–Kier alpha value is -1.44. The van der Waals surface area contributed by atoms with Crippen molar-refractivity contribution in [1.29, 1.82) is 0 Å². The smallest absolute Gasteiger partial charge is 0.333 e. The van der Waals surface area contributed by atoms with Gasteiger partial charge >= 0.3 is 11.9 Å². The molecule has 3 saturated carbocycles. The SMILES string of the molecule is CC1=CC[C@H]([C@@H](C)[C@H]2C[C@H](O)[C@@]3(C)[C@@H]4CC[C@H]5C(C)(C)O[C@@H]6CC(=O)O[C@@]65C[C@@]4(O)CC[C@]23C)OC1=O. The third-order valence-electron chi connectivity index (χ3n) is 12.5. The molecule has 3 aliphatic carbocycles. The van der Waals surface area contributed by atoms with Crippen LogP contribution in [0, 0.1) is 34.5 Å². The van der Waals surface area contributed by atoms with Crippen LogP contribution in [0.15, 0.2) is 11.6 Å². The number of hydrogen-bond donors (Lipinski definition) is 2. The summed E-state index contributed by atoms with van der Waals surface area (Å²) in [5, 5.41) is 24.3. The van der Waals surface area contributed by atoms with Crippen LogP contribution in [-0.4, -0.2) is 57.3 Å². The predicted molar refractivity (Wildman–Crippen MR) is 135 cm³/mol. The fourth-order valence-corrected chi connectivity index (χ4v) is 10.4. The fourth-order valence-electron chi connectivity index (χ4n) is 10.4. The number of carbonyl (C=O) groups is 2. The Morgan fingerprint density at radius 2 is 1.78 bits per heavy atom. The van der Waals surface area contributed by atoms with Crippen LogP contribution in [-0.2, 0) is 23.8 Å². The maximum absolute atomic E-state index is 12.5. The van der Waals surface area contributed by atoms with E-state index in [0.717, 1.165) is 19.3 Å². The van der Waals surface area contributed by atoms with Crippen molar-refractivity contribution in [3.05, 3.63) is 11.6 Å². The van der Waals surface area contributed by atoms with Crippen molar-refractivity contribution < 1.29 is 34.0 Å². The highest BCUT2D eigenvalue weighted by Crippen LogP contribution is 2.72. The highest BCUT2D eigenvalue weighted by Gasteiger charge is 2.75. The summed E-state index contributed by atoms with van der Waals surface area (Å²) in [6, 6.07) is 0. The third kappa shape index (κ3) is 3.23. The average Bonchev–Trinajstić information content (AvgIpc) is 3.23. The van der Waals surface area contributed by atoms with Crippen molar-refractivity contribution in [2.45, 2.75) is 128 Å². The van der Waals surface area contributed by atoms with Gasteiger partial charge in [-0.25, -0.2) is 4.79 Å². The summed E-state index contributed by atoms with van der Waals surface area (Å²) in [6.07, 6.45) is 5.74. The molecular weight excluding hydrogens is 472 g/mol. The van der Waals surface area contributed by atoms with E-state index in [1.165, 1.54) is 0 Å². The van der Waals surface area contributed by atoms with E-state index in [4.69, 9.17) is 14.2 Å². The molecule has 0 aromatic carbocycles. The lowest BCUT2D eigenvalue weighted by Crippen LogP contribution is -2.62. The second kappa shape index (κ2) is 7.82. The highest BCUT2D eigenvalue weighted by atomic mass is 16.6. The molecule has 0 bridgehead atoms. The van der Waals surface area contributed by atoms with Gasteiger partial charge in [-0.05, 0) is 76.0 Å². The Kier molecular flexibility index (Phi) is 5.46. The molecule has 6 aliphatic rings. The normalized spacial score (nSPS) is 53.1. The van der Waals surface area contributed by atoms with E-state index in [-0.39, 0.29) is 59.7 Å². The van der Waals surface area contributed by atoms with Crippen LogP contribution < -0.4 is 0 Å². The van der Waals surface area contributed by atoms with Crippen LogP contribution in [0.5, 0.6) is 0 Å². The van der Waals surface area contributed by atoms with Crippen molar-refractivity contribution >= 4 is 11.9 Å². The molecule has 3 heterocycles. The lowest BCUT2D eigenvalue weighted by atomic mass is 9.46. The monoisotopic (exact) mass is 516 g/mol. The van der Waals surface area contributed by atoms with Crippen molar-refractivity contribution in [3.63, 3.8) is 0 Å². The minimum atomic E-state index is -1.05. The zero-order valence-corrected chi connectivity index (χ0v) is 23.2. The van der Waals surface area contributed by atoms with Crippen LogP contribution in [0.3, 0.4) is 0 Å². The molecule has 1 spiro atoms. The molecule has 0 aromatic rings. The summed E-state index contributed by atoms with van der Waals surface area (Å²) in [4.78, 5) is 24.8. The second-order valence-corrected chi connectivity index (χ2v) is 14.3. The van der Waals surface area contributed by atoms with Gasteiger partial charge in [0.1, 0.15) is 17.8 Å². The first-order chi connectivity index (χ1) is 17.2. The summed E-state index contributed by atoms with van der Waals surface area (Å²) < 4.78 is 18.4. The lowest BCUT2D eigenvalue weighted by molar-refractivity contribution is -0.211. The summed E-state index contributed by atoms with van der Waals surface area (Å²) in [6.45, 7) is 12.6. The number of ether oxygens (including phenoxy) is 3. The van der Waals surface area contributed by atoms with Crippen molar-refractivity contribution in [2.75, 3.05) is 0 Å². The zero-order valence-electron chi connectivity index (χ0n) is 23.2. The Labute approximate surface area is 220 Å². The number of carbonyl (C=O) groups excluding carboxylic acids is 2. The Balaban J connectivity index is 1.35. The summed E-state index contributed by atoms with van der Waals surface area (Å²) in [5.74, 6) is -0.339. The number of fused-ring (bicyclic) bond motifs is 3. The van der Waals surface area contributed by atoms with Gasteiger partial charge in [0.05, 0.1) is 23.7 Å². The average molecular weight is 517 g/mol. The third-order valence-corrected chi connectivity index (χ3v) is 12.5. The van der Waals surface area contributed by atoms with Gasteiger partial charge in [0.25, 0.3) is 0 Å². The lowest BCUT2D eigenvalue weighted by Gasteiger charge is -2.60. The Morgan fingerprint density at radius 3 is 2.49 bits per heavy atom. The number of esters is 2. The molecule has 2 saturated heterocycles. The molecule has 0 aromatic heterocycles. The molecule has 11 atom stereocenters. The molecule has 6 rings (SSSR count). The standard InChI is InChI=1S/C30H44O7/c1-16-7-8-19(35-25(16)33)17(2)18-13-22(31)28(6)21-10-9-20-26(3,4)36-23-14-24(32)37-30(20,23)15-29(21,34)12-11-27(18,28)5/h7,17-23,31,34H,8-15H2,1-6H3/t17-,18+,19+,20-,21-,22-,23+,27+,28+,29-,30+/m0/s1. The van der Waals surface area contributed by atoms with E-state index >= 15 is 0 Å². The molecule has 2 N–H and O–H groups in total. The number of cyclic esters (lactones) is 1. The fraction of sp³-hybridized carbons (Fsp3) is 0.867. The van der Waals surface area contributed by atoms with E-state index in [9.17, 15) is 19.8 Å². The van der Waals surface area contributed by atoms with Crippen molar-refractivity contribution in [1.82, 2.24) is 0 Å². The minimum Gasteiger partial charge on any atom is -0.458 e. The molecule has 5 fully saturated rings. The van der Waals surface area contributed by atoms with Crippen molar-refractivity contribution in [3.8, 4) is 0 Å². The van der Waals surface area contributed by atoms with Gasteiger partial charge in [-0.2, -0.15) is 0 Å². The molecule has 206 valence electrons. The molecule has 37 heavy (non-hydrogen) atoms. The van der Waals surface area contributed by atoms with Crippen LogP contribution >= 0.6 is 0 Å². The quantitative estimate of drug-likeness (QED) is 0.533.